The maximum atomic E-state index is 13.0. The molecule has 1 aliphatic heterocycles. The summed E-state index contributed by atoms with van der Waals surface area (Å²) in [4.78, 5) is 33.0. The van der Waals surface area contributed by atoms with Gasteiger partial charge in [-0.2, -0.15) is 0 Å². The lowest BCUT2D eigenvalue weighted by Crippen LogP contribution is -2.48. The van der Waals surface area contributed by atoms with E-state index in [1.165, 1.54) is 4.57 Å². The first-order chi connectivity index (χ1) is 16.1. The quantitative estimate of drug-likeness (QED) is 0.463. The van der Waals surface area contributed by atoms with Gasteiger partial charge in [-0.25, -0.2) is 0 Å². The standard InChI is InChI=1S/C24H23N7O2/c1-28-22(32)17-7-3-5-9-20(17)31-21(26-27-24(28)31)15-29-10-12-30(13-11-29)23(33)19-14-16-6-2-4-8-18(16)25-19/h2-9,14,25H,10-13,15H2,1H3. The van der Waals surface area contributed by atoms with Gasteiger partial charge in [0, 0.05) is 44.1 Å². The van der Waals surface area contributed by atoms with Gasteiger partial charge in [0.2, 0.25) is 5.78 Å². The number of fused-ring (bicyclic) bond motifs is 4. The molecule has 1 amide bonds. The zero-order valence-corrected chi connectivity index (χ0v) is 18.2. The summed E-state index contributed by atoms with van der Waals surface area (Å²) in [7, 11) is 1.72. The van der Waals surface area contributed by atoms with E-state index in [2.05, 4.69) is 20.1 Å². The van der Waals surface area contributed by atoms with E-state index in [9.17, 15) is 9.59 Å². The minimum atomic E-state index is -0.0823. The Morgan fingerprint density at radius 3 is 2.58 bits per heavy atom. The molecule has 1 N–H and O–H groups in total. The van der Waals surface area contributed by atoms with Gasteiger partial charge in [-0.15, -0.1) is 10.2 Å². The fourth-order valence-electron chi connectivity index (χ4n) is 4.66. The van der Waals surface area contributed by atoms with Crippen molar-refractivity contribution in [2.24, 2.45) is 7.05 Å². The molecule has 0 saturated carbocycles. The van der Waals surface area contributed by atoms with E-state index in [1.807, 2.05) is 63.9 Å². The molecule has 9 nitrogen and oxygen atoms in total. The Bertz CT molecular complexity index is 1540. The van der Waals surface area contributed by atoms with E-state index in [4.69, 9.17) is 0 Å². The zero-order chi connectivity index (χ0) is 22.5. The van der Waals surface area contributed by atoms with Crippen molar-refractivity contribution in [2.75, 3.05) is 26.2 Å². The van der Waals surface area contributed by atoms with E-state index in [0.29, 0.717) is 36.5 Å². The molecule has 9 heteroatoms. The summed E-state index contributed by atoms with van der Waals surface area (Å²) in [6.07, 6.45) is 0. The number of hydrogen-bond acceptors (Lipinski definition) is 5. The summed E-state index contributed by atoms with van der Waals surface area (Å²) in [6, 6.07) is 17.4. The van der Waals surface area contributed by atoms with E-state index in [1.54, 1.807) is 7.05 Å². The maximum absolute atomic E-state index is 13.0. The zero-order valence-electron chi connectivity index (χ0n) is 18.2. The summed E-state index contributed by atoms with van der Waals surface area (Å²) in [5.41, 5.74) is 2.32. The first-order valence-corrected chi connectivity index (χ1v) is 11.0. The molecule has 4 heterocycles. The van der Waals surface area contributed by atoms with Crippen LogP contribution in [-0.4, -0.2) is 66.0 Å². The molecule has 6 rings (SSSR count). The predicted molar refractivity (Wildman–Crippen MR) is 125 cm³/mol. The third-order valence-electron chi connectivity index (χ3n) is 6.48. The van der Waals surface area contributed by atoms with E-state index < -0.39 is 0 Å². The number of aromatic nitrogens is 5. The molecule has 0 bridgehead atoms. The number of piperazine rings is 1. The smallest absolute Gasteiger partial charge is 0.270 e. The Morgan fingerprint density at radius 1 is 1.00 bits per heavy atom. The lowest BCUT2D eigenvalue weighted by Gasteiger charge is -2.34. The van der Waals surface area contributed by atoms with Crippen LogP contribution in [0, 0.1) is 0 Å². The molecule has 1 fully saturated rings. The number of para-hydroxylation sites is 2. The van der Waals surface area contributed by atoms with Gasteiger partial charge in [0.05, 0.1) is 17.4 Å². The van der Waals surface area contributed by atoms with Gasteiger partial charge >= 0.3 is 0 Å². The molecule has 5 aromatic rings. The lowest BCUT2D eigenvalue weighted by atomic mass is 10.2. The predicted octanol–water partition coefficient (Wildman–Crippen LogP) is 2.02. The van der Waals surface area contributed by atoms with Crippen LogP contribution in [0.2, 0.25) is 0 Å². The van der Waals surface area contributed by atoms with Crippen molar-refractivity contribution >= 4 is 33.5 Å². The third-order valence-corrected chi connectivity index (χ3v) is 6.48. The first kappa shape index (κ1) is 19.7. The second kappa shape index (κ2) is 7.56. The number of carbonyl (C=O) groups excluding carboxylic acids is 1. The van der Waals surface area contributed by atoms with Crippen molar-refractivity contribution in [3.8, 4) is 0 Å². The van der Waals surface area contributed by atoms with Gasteiger partial charge in [-0.1, -0.05) is 30.3 Å². The highest BCUT2D eigenvalue weighted by Crippen LogP contribution is 2.18. The topological polar surface area (TPSA) is 91.5 Å². The number of nitrogens with one attached hydrogen (secondary N) is 1. The van der Waals surface area contributed by atoms with Crippen LogP contribution in [0.3, 0.4) is 0 Å². The van der Waals surface area contributed by atoms with Crippen molar-refractivity contribution in [3.05, 3.63) is 76.5 Å². The molecule has 166 valence electrons. The number of H-pyrrole nitrogens is 1. The Morgan fingerprint density at radius 2 is 1.76 bits per heavy atom. The van der Waals surface area contributed by atoms with Crippen LogP contribution in [0.25, 0.3) is 27.6 Å². The minimum absolute atomic E-state index is 0.0276. The summed E-state index contributed by atoms with van der Waals surface area (Å²) >= 11 is 0. The highest BCUT2D eigenvalue weighted by atomic mass is 16.2. The summed E-state index contributed by atoms with van der Waals surface area (Å²) in [6.45, 7) is 3.36. The highest BCUT2D eigenvalue weighted by molar-refractivity contribution is 5.98. The average Bonchev–Trinajstić information content (AvgIpc) is 3.47. The summed E-state index contributed by atoms with van der Waals surface area (Å²) in [5.74, 6) is 1.34. The van der Waals surface area contributed by atoms with Crippen LogP contribution in [-0.2, 0) is 13.6 Å². The van der Waals surface area contributed by atoms with Gasteiger partial charge in [0.15, 0.2) is 5.82 Å². The minimum Gasteiger partial charge on any atom is -0.351 e. The van der Waals surface area contributed by atoms with Crippen molar-refractivity contribution in [3.63, 3.8) is 0 Å². The summed E-state index contributed by atoms with van der Waals surface area (Å²) in [5, 5.41) is 10.4. The fraction of sp³-hybridized carbons (Fsp3) is 0.250. The molecule has 1 aliphatic rings. The van der Waals surface area contributed by atoms with Crippen LogP contribution < -0.4 is 5.56 Å². The molecular formula is C24H23N7O2. The molecule has 0 radical (unpaired) electrons. The number of rotatable bonds is 3. The van der Waals surface area contributed by atoms with Crippen molar-refractivity contribution in [1.82, 2.24) is 33.9 Å². The lowest BCUT2D eigenvalue weighted by molar-refractivity contribution is 0.0620. The number of benzene rings is 2. The molecule has 1 saturated heterocycles. The molecule has 33 heavy (non-hydrogen) atoms. The van der Waals surface area contributed by atoms with Crippen molar-refractivity contribution < 1.29 is 4.79 Å². The summed E-state index contributed by atoms with van der Waals surface area (Å²) < 4.78 is 3.49. The van der Waals surface area contributed by atoms with Gasteiger partial charge in [0.1, 0.15) is 5.69 Å². The molecular weight excluding hydrogens is 418 g/mol. The van der Waals surface area contributed by atoms with Gasteiger partial charge in [-0.05, 0) is 24.3 Å². The largest absolute Gasteiger partial charge is 0.351 e. The first-order valence-electron chi connectivity index (χ1n) is 11.0. The molecule has 3 aromatic heterocycles. The molecule has 0 aliphatic carbocycles. The number of aryl methyl sites for hydroxylation is 1. The van der Waals surface area contributed by atoms with Crippen LogP contribution >= 0.6 is 0 Å². The van der Waals surface area contributed by atoms with E-state index in [0.717, 1.165) is 35.3 Å². The van der Waals surface area contributed by atoms with Gasteiger partial charge < -0.3 is 9.88 Å². The Labute approximate surface area is 188 Å². The van der Waals surface area contributed by atoms with Crippen LogP contribution in [0.4, 0.5) is 0 Å². The Balaban J connectivity index is 1.21. The maximum Gasteiger partial charge on any atom is 0.270 e. The van der Waals surface area contributed by atoms with Crippen LogP contribution in [0.5, 0.6) is 0 Å². The number of amides is 1. The fourth-order valence-corrected chi connectivity index (χ4v) is 4.66. The van der Waals surface area contributed by atoms with Crippen molar-refractivity contribution in [1.29, 1.82) is 0 Å². The number of hydrogen-bond donors (Lipinski definition) is 1. The third kappa shape index (κ3) is 3.20. The Kier molecular flexibility index (Phi) is 4.51. The highest BCUT2D eigenvalue weighted by Gasteiger charge is 2.25. The van der Waals surface area contributed by atoms with Gasteiger partial charge in [-0.3, -0.25) is 23.5 Å². The molecule has 0 atom stereocenters. The second-order valence-corrected chi connectivity index (χ2v) is 8.47. The van der Waals surface area contributed by atoms with E-state index >= 15 is 0 Å². The number of aromatic amines is 1. The monoisotopic (exact) mass is 441 g/mol. The SMILES string of the molecule is Cn1c(=O)c2ccccc2n2c(CN3CCN(C(=O)c4cc5ccccc5[nH]4)CC3)nnc12. The molecule has 0 spiro atoms. The normalized spacial score (nSPS) is 15.1. The molecule has 0 unspecified atom stereocenters. The second-order valence-electron chi connectivity index (χ2n) is 8.47. The average molecular weight is 441 g/mol. The van der Waals surface area contributed by atoms with Crippen LogP contribution in [0.1, 0.15) is 16.3 Å². The molecule has 2 aromatic carbocycles. The van der Waals surface area contributed by atoms with Crippen molar-refractivity contribution in [2.45, 2.75) is 6.54 Å². The van der Waals surface area contributed by atoms with Crippen LogP contribution in [0.15, 0.2) is 59.4 Å². The number of nitrogens with zero attached hydrogens (tertiary/aromatic N) is 6. The number of carbonyl (C=O) groups is 1. The Hall–Kier alpha value is -3.98. The van der Waals surface area contributed by atoms with E-state index in [-0.39, 0.29) is 11.5 Å². The van der Waals surface area contributed by atoms with Gasteiger partial charge in [0.25, 0.3) is 11.5 Å².